The lowest BCUT2D eigenvalue weighted by Gasteiger charge is -2.31. The molecule has 0 saturated carbocycles. The number of carbonyl (C=O) groups excluding carboxylic acids is 1. The molecule has 0 aliphatic rings. The number of rotatable bonds is 6. The minimum atomic E-state index is -4.96. The van der Waals surface area contributed by atoms with Crippen molar-refractivity contribution in [3.8, 4) is 0 Å². The first-order valence-corrected chi connectivity index (χ1v) is 9.33. The molecule has 6 nitrogen and oxygen atoms in total. The van der Waals surface area contributed by atoms with Gasteiger partial charge in [0.25, 0.3) is 15.9 Å². The molecule has 142 valence electrons. The highest BCUT2D eigenvalue weighted by molar-refractivity contribution is 7.91. The number of amides is 1. The van der Waals surface area contributed by atoms with E-state index in [1.807, 2.05) is 0 Å². The summed E-state index contributed by atoms with van der Waals surface area (Å²) in [6, 6.07) is 0.830. The van der Waals surface area contributed by atoms with E-state index in [9.17, 15) is 30.8 Å². The molecule has 0 aliphatic carbocycles. The number of nitrogens with zero attached hydrogens (tertiary/aromatic N) is 2. The Hall–Kier alpha value is -2.05. The van der Waals surface area contributed by atoms with Crippen molar-refractivity contribution in [3.05, 3.63) is 46.9 Å². The maximum Gasteiger partial charge on any atom is 0.409 e. The number of halogens is 4. The van der Waals surface area contributed by atoms with Crippen LogP contribution in [0.5, 0.6) is 0 Å². The van der Waals surface area contributed by atoms with Crippen molar-refractivity contribution in [1.82, 2.24) is 9.29 Å². The third-order valence-corrected chi connectivity index (χ3v) is 6.74. The molecule has 1 unspecified atom stereocenters. The summed E-state index contributed by atoms with van der Waals surface area (Å²) in [6.07, 6.45) is -4.18. The molecular weight excluding hydrogens is 398 g/mol. The number of nitrogens with two attached hydrogens (primary N) is 1. The highest BCUT2D eigenvalue weighted by Crippen LogP contribution is 2.41. The first-order valence-electron chi connectivity index (χ1n) is 7.08. The molecular formula is C14H13F4N3O3S2. The maximum absolute atomic E-state index is 13.6. The van der Waals surface area contributed by atoms with Crippen LogP contribution in [0, 0.1) is 5.82 Å². The average molecular weight is 411 g/mol. The van der Waals surface area contributed by atoms with Crippen molar-refractivity contribution < 1.29 is 30.8 Å². The highest BCUT2D eigenvalue weighted by atomic mass is 32.2. The van der Waals surface area contributed by atoms with Gasteiger partial charge < -0.3 is 5.73 Å². The summed E-state index contributed by atoms with van der Waals surface area (Å²) in [4.78, 5) is 14.6. The lowest BCUT2D eigenvalue weighted by Crippen LogP contribution is -2.42. The zero-order chi connectivity index (χ0) is 19.7. The molecule has 1 heterocycles. The van der Waals surface area contributed by atoms with E-state index in [2.05, 4.69) is 4.98 Å². The van der Waals surface area contributed by atoms with Gasteiger partial charge in [-0.1, -0.05) is 30.4 Å². The molecule has 1 aromatic heterocycles. The lowest BCUT2D eigenvalue weighted by atomic mass is 10.1. The second-order valence-electron chi connectivity index (χ2n) is 5.05. The van der Waals surface area contributed by atoms with Crippen molar-refractivity contribution in [3.63, 3.8) is 0 Å². The number of primary amides is 1. The summed E-state index contributed by atoms with van der Waals surface area (Å²) < 4.78 is 79.0. The van der Waals surface area contributed by atoms with Gasteiger partial charge in [0.15, 0.2) is 9.22 Å². The van der Waals surface area contributed by atoms with Gasteiger partial charge in [-0.2, -0.15) is 17.5 Å². The molecule has 0 radical (unpaired) electrons. The third kappa shape index (κ3) is 4.02. The smallest absolute Gasteiger partial charge is 0.364 e. The summed E-state index contributed by atoms with van der Waals surface area (Å²) in [7, 11) is -4.64. The first kappa shape index (κ1) is 20.3. The predicted octanol–water partition coefficient (Wildman–Crippen LogP) is 2.70. The number of sulfonamides is 1. The zero-order valence-corrected chi connectivity index (χ0v) is 14.8. The Bertz CT molecular complexity index is 895. The predicted molar refractivity (Wildman–Crippen MR) is 85.4 cm³/mol. The molecule has 0 fully saturated rings. The number of hydrogen-bond donors (Lipinski definition) is 1. The fourth-order valence-corrected chi connectivity index (χ4v) is 4.99. The van der Waals surface area contributed by atoms with Crippen LogP contribution in [0.4, 0.5) is 17.6 Å². The highest BCUT2D eigenvalue weighted by Gasteiger charge is 2.49. The van der Waals surface area contributed by atoms with E-state index in [1.165, 1.54) is 6.92 Å². The molecule has 0 saturated heterocycles. The summed E-state index contributed by atoms with van der Waals surface area (Å²) >= 11 is 0.375. The van der Waals surface area contributed by atoms with E-state index < -0.39 is 50.3 Å². The minimum Gasteiger partial charge on any atom is -0.364 e. The van der Waals surface area contributed by atoms with Gasteiger partial charge in [-0.15, -0.1) is 0 Å². The van der Waals surface area contributed by atoms with Crippen molar-refractivity contribution in [2.45, 2.75) is 23.4 Å². The summed E-state index contributed by atoms with van der Waals surface area (Å²) in [5, 5.41) is -0.343. The maximum atomic E-state index is 13.6. The van der Waals surface area contributed by atoms with Crippen LogP contribution in [-0.2, 0) is 10.0 Å². The molecule has 26 heavy (non-hydrogen) atoms. The second-order valence-corrected chi connectivity index (χ2v) is 8.20. The van der Waals surface area contributed by atoms with Gasteiger partial charge in [0.05, 0.1) is 6.20 Å². The number of carbonyl (C=O) groups is 1. The molecule has 2 rings (SSSR count). The van der Waals surface area contributed by atoms with Crippen LogP contribution in [0.3, 0.4) is 0 Å². The SMILES string of the molecule is CCN(C(c1ccc(F)cc1)C(F)(F)F)S(=O)(=O)c1cnc(C(N)=O)s1. The van der Waals surface area contributed by atoms with Crippen molar-refractivity contribution in [2.24, 2.45) is 5.73 Å². The monoisotopic (exact) mass is 411 g/mol. The van der Waals surface area contributed by atoms with Gasteiger partial charge in [0, 0.05) is 6.54 Å². The fraction of sp³-hybridized carbons (Fsp3) is 0.286. The van der Waals surface area contributed by atoms with Crippen molar-refractivity contribution >= 4 is 27.3 Å². The van der Waals surface area contributed by atoms with E-state index in [1.54, 1.807) is 0 Å². The van der Waals surface area contributed by atoms with Gasteiger partial charge in [-0.3, -0.25) is 4.79 Å². The number of thiazole rings is 1. The number of aromatic nitrogens is 1. The van der Waals surface area contributed by atoms with Gasteiger partial charge >= 0.3 is 6.18 Å². The molecule has 12 heteroatoms. The van der Waals surface area contributed by atoms with Crippen LogP contribution in [0.15, 0.2) is 34.7 Å². The summed E-state index contributed by atoms with van der Waals surface area (Å²) in [5.74, 6) is -1.75. The first-order chi connectivity index (χ1) is 12.0. The molecule has 0 spiro atoms. The lowest BCUT2D eigenvalue weighted by molar-refractivity contribution is -0.173. The van der Waals surface area contributed by atoms with Crippen LogP contribution in [-0.4, -0.2) is 36.3 Å². The molecule has 1 atom stereocenters. The van der Waals surface area contributed by atoms with Crippen LogP contribution in [0.2, 0.25) is 0 Å². The topological polar surface area (TPSA) is 93.4 Å². The third-order valence-electron chi connectivity index (χ3n) is 3.35. The number of alkyl halides is 3. The largest absolute Gasteiger partial charge is 0.409 e. The standard InChI is InChI=1S/C14H13F4N3O3S2/c1-2-21(26(23,24)10-7-20-13(25-10)12(19)22)11(14(16,17)18)8-3-5-9(15)6-4-8/h3-7,11H,2H2,1H3,(H2,19,22). The Morgan fingerprint density at radius 1 is 1.31 bits per heavy atom. The molecule has 2 aromatic rings. The Morgan fingerprint density at radius 2 is 1.88 bits per heavy atom. The van der Waals surface area contributed by atoms with Crippen LogP contribution >= 0.6 is 11.3 Å². The van der Waals surface area contributed by atoms with E-state index in [0.717, 1.165) is 30.5 Å². The van der Waals surface area contributed by atoms with Gasteiger partial charge in [0.1, 0.15) is 11.9 Å². The Morgan fingerprint density at radius 3 is 2.31 bits per heavy atom. The molecule has 0 aliphatic heterocycles. The fourth-order valence-electron chi connectivity index (χ4n) is 2.26. The van der Waals surface area contributed by atoms with Gasteiger partial charge in [-0.05, 0) is 17.7 Å². The zero-order valence-electron chi connectivity index (χ0n) is 13.2. The average Bonchev–Trinajstić information content (AvgIpc) is 3.03. The Kier molecular flexibility index (Phi) is 5.68. The number of hydrogen-bond acceptors (Lipinski definition) is 5. The Balaban J connectivity index is 2.56. The molecule has 1 aromatic carbocycles. The quantitative estimate of drug-likeness (QED) is 0.740. The van der Waals surface area contributed by atoms with E-state index in [-0.39, 0.29) is 9.31 Å². The molecule has 0 bridgehead atoms. The molecule has 2 N–H and O–H groups in total. The normalized spacial score (nSPS) is 13.8. The number of benzene rings is 1. The van der Waals surface area contributed by atoms with E-state index in [4.69, 9.17) is 5.73 Å². The van der Waals surface area contributed by atoms with Crippen LogP contribution < -0.4 is 5.73 Å². The van der Waals surface area contributed by atoms with E-state index in [0.29, 0.717) is 11.3 Å². The van der Waals surface area contributed by atoms with Crippen LogP contribution in [0.25, 0.3) is 0 Å². The van der Waals surface area contributed by atoms with Gasteiger partial charge in [0.2, 0.25) is 0 Å². The van der Waals surface area contributed by atoms with Gasteiger partial charge in [-0.25, -0.2) is 17.8 Å². The summed E-state index contributed by atoms with van der Waals surface area (Å²) in [6.45, 7) is 0.712. The van der Waals surface area contributed by atoms with Crippen molar-refractivity contribution in [1.29, 1.82) is 0 Å². The Labute approximate surface area is 150 Å². The second kappa shape index (κ2) is 7.29. The molecule has 1 amide bonds. The van der Waals surface area contributed by atoms with Crippen molar-refractivity contribution in [2.75, 3.05) is 6.54 Å². The van der Waals surface area contributed by atoms with Crippen LogP contribution in [0.1, 0.15) is 28.3 Å². The summed E-state index contributed by atoms with van der Waals surface area (Å²) in [5.41, 5.74) is 4.56. The van der Waals surface area contributed by atoms with E-state index >= 15 is 0 Å². The minimum absolute atomic E-state index is 0.221.